The molecule has 1 unspecified atom stereocenters. The largest absolute Gasteiger partial charge is 0.269 e. The van der Waals surface area contributed by atoms with E-state index in [9.17, 15) is 9.00 Å². The minimum atomic E-state index is -1.53. The fraction of sp³-hybridized carbons (Fsp3) is 0. The molecule has 2 aromatic rings. The lowest BCUT2D eigenvalue weighted by atomic mass is 10.3. The zero-order chi connectivity index (χ0) is 11.1. The van der Waals surface area contributed by atoms with Gasteiger partial charge >= 0.3 is 0 Å². The molecule has 16 heavy (non-hydrogen) atoms. The third-order valence-corrected chi connectivity index (χ3v) is 3.27. The van der Waals surface area contributed by atoms with Crippen molar-refractivity contribution in [2.24, 2.45) is 0 Å². The van der Waals surface area contributed by atoms with Gasteiger partial charge in [-0.3, -0.25) is 14.5 Å². The number of hydrogen-bond donors (Lipinski definition) is 1. The maximum absolute atomic E-state index is 11.6. The molecule has 7 heteroatoms. The van der Waals surface area contributed by atoms with Gasteiger partial charge in [0, 0.05) is 23.9 Å². The molecule has 1 N–H and O–H groups in total. The zero-order valence-corrected chi connectivity index (χ0v) is 8.77. The van der Waals surface area contributed by atoms with Crippen LogP contribution in [0.25, 0.3) is 15.9 Å². The number of aromatic nitrogens is 3. The molecule has 3 rings (SSSR count). The van der Waals surface area contributed by atoms with E-state index < -0.39 is 11.0 Å². The number of nitrogens with one attached hydrogen (secondary N) is 1. The van der Waals surface area contributed by atoms with E-state index >= 15 is 0 Å². The average Bonchev–Trinajstić information content (AvgIpc) is 2.81. The molecule has 1 atom stereocenters. The number of nitrogens with zero attached hydrogens (tertiary/aromatic N) is 3. The molecule has 0 saturated carbocycles. The fourth-order valence-electron chi connectivity index (χ4n) is 1.53. The van der Waals surface area contributed by atoms with E-state index in [1.165, 1.54) is 10.8 Å². The maximum Gasteiger partial charge on any atom is 0.258 e. The second-order valence-corrected chi connectivity index (χ2v) is 4.37. The van der Waals surface area contributed by atoms with E-state index in [0.29, 0.717) is 5.03 Å². The molecule has 1 aliphatic rings. The standard InChI is InChI=1S/C9H6N4O2S/c14-8-3-9(16(15)12-8)13-7-1-2-10-4-6(7)5-11-13/h1-5H,(H,12,14). The Bertz CT molecular complexity index is 646. The Hall–Kier alpha value is -2.02. The summed E-state index contributed by atoms with van der Waals surface area (Å²) in [6, 6.07) is 1.75. The van der Waals surface area contributed by atoms with Crippen LogP contribution in [0.3, 0.4) is 0 Å². The molecule has 0 bridgehead atoms. The van der Waals surface area contributed by atoms with E-state index in [1.807, 2.05) is 0 Å². The summed E-state index contributed by atoms with van der Waals surface area (Å²) in [5.41, 5.74) is 0.770. The number of carbonyl (C=O) groups excluding carboxylic acids is 1. The number of fused-ring (bicyclic) bond motifs is 1. The summed E-state index contributed by atoms with van der Waals surface area (Å²) in [6.45, 7) is 0. The van der Waals surface area contributed by atoms with Crippen molar-refractivity contribution >= 4 is 32.8 Å². The predicted molar refractivity (Wildman–Crippen MR) is 58.1 cm³/mol. The molecular formula is C9H6N4O2S. The van der Waals surface area contributed by atoms with Crippen molar-refractivity contribution < 1.29 is 9.00 Å². The van der Waals surface area contributed by atoms with Gasteiger partial charge in [-0.1, -0.05) is 0 Å². The van der Waals surface area contributed by atoms with Crippen LogP contribution in [0.1, 0.15) is 0 Å². The molecular weight excluding hydrogens is 228 g/mol. The van der Waals surface area contributed by atoms with Crippen LogP contribution in [-0.2, 0) is 15.8 Å². The van der Waals surface area contributed by atoms with Crippen LogP contribution in [0.4, 0.5) is 0 Å². The topological polar surface area (TPSA) is 76.9 Å². The Balaban J connectivity index is 2.24. The van der Waals surface area contributed by atoms with Gasteiger partial charge in [-0.2, -0.15) is 5.10 Å². The van der Waals surface area contributed by atoms with Crippen LogP contribution in [0, 0.1) is 0 Å². The summed E-state index contributed by atoms with van der Waals surface area (Å²) in [7, 11) is -1.53. The van der Waals surface area contributed by atoms with E-state index in [2.05, 4.69) is 14.8 Å². The molecule has 1 aliphatic heterocycles. The summed E-state index contributed by atoms with van der Waals surface area (Å²) in [4.78, 5) is 15.0. The molecule has 1 amide bonds. The van der Waals surface area contributed by atoms with Crippen LogP contribution in [0.15, 0.2) is 30.7 Å². The van der Waals surface area contributed by atoms with Crippen molar-refractivity contribution in [3.05, 3.63) is 30.7 Å². The lowest BCUT2D eigenvalue weighted by molar-refractivity contribution is -0.114. The van der Waals surface area contributed by atoms with E-state index in [1.54, 1.807) is 24.7 Å². The van der Waals surface area contributed by atoms with Gasteiger partial charge in [-0.15, -0.1) is 0 Å². The van der Waals surface area contributed by atoms with Gasteiger partial charge < -0.3 is 0 Å². The van der Waals surface area contributed by atoms with Crippen LogP contribution >= 0.6 is 0 Å². The summed E-state index contributed by atoms with van der Waals surface area (Å²) in [5, 5.41) is 5.26. The lowest BCUT2D eigenvalue weighted by Gasteiger charge is -2.01. The number of rotatable bonds is 1. The number of pyridine rings is 1. The van der Waals surface area contributed by atoms with Crippen molar-refractivity contribution in [1.82, 2.24) is 19.5 Å². The van der Waals surface area contributed by atoms with Crippen LogP contribution in [0.5, 0.6) is 0 Å². The second-order valence-electron chi connectivity index (χ2n) is 3.21. The quantitative estimate of drug-likeness (QED) is 0.754. The van der Waals surface area contributed by atoms with Gasteiger partial charge in [0.15, 0.2) is 16.0 Å². The van der Waals surface area contributed by atoms with Crippen molar-refractivity contribution in [2.45, 2.75) is 0 Å². The summed E-state index contributed by atoms with van der Waals surface area (Å²) in [5.74, 6) is -0.369. The summed E-state index contributed by atoms with van der Waals surface area (Å²) < 4.78 is 15.3. The third-order valence-electron chi connectivity index (χ3n) is 2.21. The number of amides is 1. The van der Waals surface area contributed by atoms with Crippen LogP contribution < -0.4 is 4.72 Å². The highest BCUT2D eigenvalue weighted by atomic mass is 32.2. The molecule has 0 aliphatic carbocycles. The van der Waals surface area contributed by atoms with Crippen molar-refractivity contribution in [2.75, 3.05) is 0 Å². The summed E-state index contributed by atoms with van der Waals surface area (Å²) >= 11 is 0. The van der Waals surface area contributed by atoms with Gasteiger partial charge in [-0.25, -0.2) is 8.89 Å². The van der Waals surface area contributed by atoms with Crippen molar-refractivity contribution in [3.8, 4) is 0 Å². The molecule has 6 nitrogen and oxygen atoms in total. The molecule has 2 aromatic heterocycles. The highest BCUT2D eigenvalue weighted by molar-refractivity contribution is 7.93. The van der Waals surface area contributed by atoms with Gasteiger partial charge in [-0.05, 0) is 6.07 Å². The van der Waals surface area contributed by atoms with Crippen LogP contribution in [0.2, 0.25) is 0 Å². The Morgan fingerprint density at radius 2 is 2.25 bits per heavy atom. The van der Waals surface area contributed by atoms with Gasteiger partial charge in [0.1, 0.15) is 0 Å². The first-order valence-corrected chi connectivity index (χ1v) is 5.63. The Morgan fingerprint density at radius 1 is 1.38 bits per heavy atom. The first kappa shape index (κ1) is 9.22. The third kappa shape index (κ3) is 1.25. The average molecular weight is 234 g/mol. The number of hydrogen-bond acceptors (Lipinski definition) is 4. The molecule has 0 spiro atoms. The smallest absolute Gasteiger partial charge is 0.258 e. The monoisotopic (exact) mass is 234 g/mol. The lowest BCUT2D eigenvalue weighted by Crippen LogP contribution is -2.17. The van der Waals surface area contributed by atoms with Gasteiger partial charge in [0.25, 0.3) is 5.91 Å². The molecule has 3 heterocycles. The molecule has 80 valence electrons. The predicted octanol–water partition coefficient (Wildman–Crippen LogP) is 0.0232. The molecule has 0 radical (unpaired) electrons. The first-order chi connectivity index (χ1) is 7.75. The fourth-order valence-corrected chi connectivity index (χ4v) is 2.39. The van der Waals surface area contributed by atoms with Crippen molar-refractivity contribution in [3.63, 3.8) is 0 Å². The molecule has 0 saturated heterocycles. The highest BCUT2D eigenvalue weighted by Gasteiger charge is 2.22. The molecule has 0 fully saturated rings. The minimum Gasteiger partial charge on any atom is -0.269 e. The van der Waals surface area contributed by atoms with Gasteiger partial charge in [0.05, 0.1) is 11.7 Å². The SMILES string of the molecule is O=C1C=C(n2ncc3cnccc32)S(=O)N1. The summed E-state index contributed by atoms with van der Waals surface area (Å²) in [6.07, 6.45) is 6.17. The van der Waals surface area contributed by atoms with E-state index in [-0.39, 0.29) is 5.91 Å². The minimum absolute atomic E-state index is 0.339. The van der Waals surface area contributed by atoms with Crippen molar-refractivity contribution in [1.29, 1.82) is 0 Å². The van der Waals surface area contributed by atoms with Crippen LogP contribution in [-0.4, -0.2) is 24.9 Å². The zero-order valence-electron chi connectivity index (χ0n) is 7.95. The van der Waals surface area contributed by atoms with E-state index in [4.69, 9.17) is 0 Å². The Kier molecular flexibility index (Phi) is 1.87. The normalized spacial score (nSPS) is 19.9. The highest BCUT2D eigenvalue weighted by Crippen LogP contribution is 2.19. The maximum atomic E-state index is 11.6. The Morgan fingerprint density at radius 3 is 3.00 bits per heavy atom. The first-order valence-electron chi connectivity index (χ1n) is 4.48. The Labute approximate surface area is 92.6 Å². The molecule has 0 aromatic carbocycles. The van der Waals surface area contributed by atoms with Gasteiger partial charge in [0.2, 0.25) is 0 Å². The van der Waals surface area contributed by atoms with E-state index in [0.717, 1.165) is 10.9 Å². The second kappa shape index (κ2) is 3.24. The number of carbonyl (C=O) groups is 1.